The lowest BCUT2D eigenvalue weighted by Crippen LogP contribution is -2.15. The summed E-state index contributed by atoms with van der Waals surface area (Å²) in [5.74, 6) is -0.0389. The number of carbonyl (C=O) groups is 1. The predicted molar refractivity (Wildman–Crippen MR) is 97.5 cm³/mol. The number of amides is 1. The number of carbonyl (C=O) groups excluding carboxylic acids is 1. The maximum Gasteiger partial charge on any atom is 0.226 e. The number of hydrogen-bond acceptors (Lipinski definition) is 3. The third kappa shape index (κ3) is 4.35. The molecule has 0 spiro atoms. The van der Waals surface area contributed by atoms with Crippen molar-refractivity contribution in [1.29, 1.82) is 0 Å². The lowest BCUT2D eigenvalue weighted by Gasteiger charge is -2.06. The summed E-state index contributed by atoms with van der Waals surface area (Å²) in [6.45, 7) is 7.29. The number of nitrogens with one attached hydrogen (secondary N) is 1. The summed E-state index contributed by atoms with van der Waals surface area (Å²) in [4.78, 5) is 12.1. The van der Waals surface area contributed by atoms with Crippen LogP contribution in [0.4, 0.5) is 5.69 Å². The van der Waals surface area contributed by atoms with Crippen LogP contribution < -0.4 is 5.32 Å². The maximum atomic E-state index is 12.1. The number of hydrogen-bond donors (Lipinski definition) is 1. The second kappa shape index (κ2) is 7.34. The summed E-state index contributed by atoms with van der Waals surface area (Å²) in [6, 6.07) is 10.2. The first-order valence-electron chi connectivity index (χ1n) is 8.39. The van der Waals surface area contributed by atoms with E-state index in [9.17, 15) is 4.79 Å². The SMILES string of the molecule is Cc1cc(C)n(CCC(=O)Nc2cnn(Cc3ccccc3C)c2)n1. The minimum atomic E-state index is -0.0389. The first-order chi connectivity index (χ1) is 12.0. The van der Waals surface area contributed by atoms with Gasteiger partial charge < -0.3 is 5.32 Å². The highest BCUT2D eigenvalue weighted by atomic mass is 16.1. The van der Waals surface area contributed by atoms with Crippen molar-refractivity contribution in [2.75, 3.05) is 5.32 Å². The summed E-state index contributed by atoms with van der Waals surface area (Å²) < 4.78 is 3.69. The van der Waals surface area contributed by atoms with E-state index in [1.807, 2.05) is 47.6 Å². The second-order valence-corrected chi connectivity index (χ2v) is 6.30. The molecule has 130 valence electrons. The Balaban J connectivity index is 1.55. The Morgan fingerprint density at radius 2 is 2.00 bits per heavy atom. The lowest BCUT2D eigenvalue weighted by molar-refractivity contribution is -0.116. The smallest absolute Gasteiger partial charge is 0.226 e. The second-order valence-electron chi connectivity index (χ2n) is 6.30. The number of aromatic nitrogens is 4. The summed E-state index contributed by atoms with van der Waals surface area (Å²) >= 11 is 0. The van der Waals surface area contributed by atoms with Gasteiger partial charge in [-0.05, 0) is 38.0 Å². The van der Waals surface area contributed by atoms with Crippen LogP contribution in [-0.4, -0.2) is 25.5 Å². The van der Waals surface area contributed by atoms with Crippen molar-refractivity contribution < 1.29 is 4.79 Å². The number of rotatable bonds is 6. The summed E-state index contributed by atoms with van der Waals surface area (Å²) in [7, 11) is 0. The molecule has 0 aliphatic rings. The van der Waals surface area contributed by atoms with Crippen LogP contribution >= 0.6 is 0 Å². The molecule has 0 atom stereocenters. The first kappa shape index (κ1) is 17.0. The Labute approximate surface area is 147 Å². The van der Waals surface area contributed by atoms with Gasteiger partial charge in [0.2, 0.25) is 5.91 Å². The zero-order valence-electron chi connectivity index (χ0n) is 14.9. The fraction of sp³-hybridized carbons (Fsp3) is 0.316. The molecule has 6 heteroatoms. The van der Waals surface area contributed by atoms with Crippen LogP contribution in [0.3, 0.4) is 0 Å². The van der Waals surface area contributed by atoms with E-state index in [1.165, 1.54) is 11.1 Å². The van der Waals surface area contributed by atoms with Gasteiger partial charge in [-0.1, -0.05) is 24.3 Å². The Morgan fingerprint density at radius 3 is 2.72 bits per heavy atom. The van der Waals surface area contributed by atoms with Gasteiger partial charge in [0.15, 0.2) is 0 Å². The topological polar surface area (TPSA) is 64.7 Å². The molecule has 1 N–H and O–H groups in total. The standard InChI is InChI=1S/C19H23N5O/c1-14-6-4-5-7-17(14)12-23-13-18(11-20-23)21-19(25)8-9-24-16(3)10-15(2)22-24/h4-7,10-11,13H,8-9,12H2,1-3H3,(H,21,25). The molecular weight excluding hydrogens is 314 g/mol. The summed E-state index contributed by atoms with van der Waals surface area (Å²) in [5, 5.41) is 11.6. The van der Waals surface area contributed by atoms with Gasteiger partial charge >= 0.3 is 0 Å². The van der Waals surface area contributed by atoms with Crippen molar-refractivity contribution in [2.24, 2.45) is 0 Å². The van der Waals surface area contributed by atoms with E-state index in [1.54, 1.807) is 6.20 Å². The quantitative estimate of drug-likeness (QED) is 0.752. The van der Waals surface area contributed by atoms with Crippen molar-refractivity contribution in [3.8, 4) is 0 Å². The first-order valence-corrected chi connectivity index (χ1v) is 8.39. The molecule has 1 amide bonds. The summed E-state index contributed by atoms with van der Waals surface area (Å²) in [6.07, 6.45) is 3.91. The molecule has 0 saturated heterocycles. The third-order valence-corrected chi connectivity index (χ3v) is 4.16. The van der Waals surface area contributed by atoms with Crippen LogP contribution in [0.15, 0.2) is 42.7 Å². The van der Waals surface area contributed by atoms with Crippen molar-refractivity contribution in [3.05, 3.63) is 65.2 Å². The molecular formula is C19H23N5O. The van der Waals surface area contributed by atoms with E-state index >= 15 is 0 Å². The van der Waals surface area contributed by atoms with Crippen molar-refractivity contribution in [1.82, 2.24) is 19.6 Å². The molecule has 25 heavy (non-hydrogen) atoms. The van der Waals surface area contributed by atoms with E-state index in [-0.39, 0.29) is 5.91 Å². The molecule has 3 rings (SSSR count). The van der Waals surface area contributed by atoms with Gasteiger partial charge in [0.25, 0.3) is 0 Å². The number of benzene rings is 1. The minimum Gasteiger partial charge on any atom is -0.323 e. The Kier molecular flexibility index (Phi) is 4.97. The highest BCUT2D eigenvalue weighted by Gasteiger charge is 2.08. The van der Waals surface area contributed by atoms with Crippen molar-refractivity contribution in [3.63, 3.8) is 0 Å². The zero-order chi connectivity index (χ0) is 17.8. The van der Waals surface area contributed by atoms with Crippen LogP contribution in [0.25, 0.3) is 0 Å². The van der Waals surface area contributed by atoms with Crippen LogP contribution in [0, 0.1) is 20.8 Å². The highest BCUT2D eigenvalue weighted by molar-refractivity contribution is 5.90. The molecule has 0 fully saturated rings. The molecule has 3 aromatic rings. The van der Waals surface area contributed by atoms with E-state index in [0.717, 1.165) is 11.4 Å². The fourth-order valence-corrected chi connectivity index (χ4v) is 2.81. The fourth-order valence-electron chi connectivity index (χ4n) is 2.81. The predicted octanol–water partition coefficient (Wildman–Crippen LogP) is 3.08. The normalized spacial score (nSPS) is 10.8. The van der Waals surface area contributed by atoms with E-state index in [0.29, 0.717) is 25.2 Å². The third-order valence-electron chi connectivity index (χ3n) is 4.16. The Morgan fingerprint density at radius 1 is 1.20 bits per heavy atom. The minimum absolute atomic E-state index is 0.0389. The molecule has 2 heterocycles. The molecule has 0 aliphatic carbocycles. The highest BCUT2D eigenvalue weighted by Crippen LogP contribution is 2.12. The average Bonchev–Trinajstić information content (AvgIpc) is 3.13. The molecule has 0 saturated carbocycles. The molecule has 1 aromatic carbocycles. The Hall–Kier alpha value is -2.89. The van der Waals surface area contributed by atoms with Crippen LogP contribution in [0.2, 0.25) is 0 Å². The van der Waals surface area contributed by atoms with E-state index in [2.05, 4.69) is 34.6 Å². The zero-order valence-corrected chi connectivity index (χ0v) is 14.9. The Bertz CT molecular complexity index is 878. The molecule has 0 radical (unpaired) electrons. The van der Waals surface area contributed by atoms with Crippen LogP contribution in [0.5, 0.6) is 0 Å². The molecule has 0 bridgehead atoms. The van der Waals surface area contributed by atoms with Crippen molar-refractivity contribution in [2.45, 2.75) is 40.3 Å². The van der Waals surface area contributed by atoms with Gasteiger partial charge in [-0.25, -0.2) is 0 Å². The van der Waals surface area contributed by atoms with Gasteiger partial charge in [0, 0.05) is 24.9 Å². The number of aryl methyl sites for hydroxylation is 4. The van der Waals surface area contributed by atoms with Crippen LogP contribution in [-0.2, 0) is 17.9 Å². The van der Waals surface area contributed by atoms with Gasteiger partial charge in [-0.15, -0.1) is 0 Å². The molecule has 0 aliphatic heterocycles. The summed E-state index contributed by atoms with van der Waals surface area (Å²) in [5.41, 5.74) is 5.19. The average molecular weight is 337 g/mol. The monoisotopic (exact) mass is 337 g/mol. The number of nitrogens with zero attached hydrogens (tertiary/aromatic N) is 4. The maximum absolute atomic E-state index is 12.1. The molecule has 0 unspecified atom stereocenters. The van der Waals surface area contributed by atoms with Gasteiger partial charge in [-0.2, -0.15) is 10.2 Å². The molecule has 6 nitrogen and oxygen atoms in total. The van der Waals surface area contributed by atoms with E-state index in [4.69, 9.17) is 0 Å². The largest absolute Gasteiger partial charge is 0.323 e. The molecule has 2 aromatic heterocycles. The number of anilines is 1. The lowest BCUT2D eigenvalue weighted by atomic mass is 10.1. The van der Waals surface area contributed by atoms with Crippen LogP contribution in [0.1, 0.15) is 28.9 Å². The van der Waals surface area contributed by atoms with Crippen molar-refractivity contribution >= 4 is 11.6 Å². The van der Waals surface area contributed by atoms with E-state index < -0.39 is 0 Å². The van der Waals surface area contributed by atoms with Gasteiger partial charge in [0.1, 0.15) is 0 Å². The van der Waals surface area contributed by atoms with Gasteiger partial charge in [0.05, 0.1) is 24.1 Å². The van der Waals surface area contributed by atoms with Gasteiger partial charge in [-0.3, -0.25) is 14.2 Å².